The quantitative estimate of drug-likeness (QED) is 0.910. The lowest BCUT2D eigenvalue weighted by molar-refractivity contribution is -0.115. The summed E-state index contributed by atoms with van der Waals surface area (Å²) in [6.07, 6.45) is 4.06. The molecule has 0 saturated heterocycles. The van der Waals surface area contributed by atoms with Gasteiger partial charge < -0.3 is 15.2 Å². The molecule has 5 nitrogen and oxygen atoms in total. The standard InChI is InChI=1S/C14H15ClN4O/c1-2-19-8-16-6-10(19)7-17-13-3-9-4-14(20)18-12(9)5-11(13)15/h3,5-6,8,17H,2,4,7H2,1H3,(H,18,20). The largest absolute Gasteiger partial charge is 0.378 e. The van der Waals surface area contributed by atoms with Crippen LogP contribution in [0.5, 0.6) is 0 Å². The highest BCUT2D eigenvalue weighted by molar-refractivity contribution is 6.33. The molecule has 0 fully saturated rings. The highest BCUT2D eigenvalue weighted by Crippen LogP contribution is 2.33. The van der Waals surface area contributed by atoms with Gasteiger partial charge in [-0.2, -0.15) is 0 Å². The summed E-state index contributed by atoms with van der Waals surface area (Å²) in [4.78, 5) is 15.5. The fourth-order valence-corrected chi connectivity index (χ4v) is 2.58. The van der Waals surface area contributed by atoms with Crippen LogP contribution in [-0.4, -0.2) is 15.5 Å². The molecular formula is C14H15ClN4O. The summed E-state index contributed by atoms with van der Waals surface area (Å²) in [6, 6.07) is 3.73. The van der Waals surface area contributed by atoms with Crippen LogP contribution in [0.1, 0.15) is 18.2 Å². The Morgan fingerprint density at radius 2 is 2.35 bits per heavy atom. The zero-order chi connectivity index (χ0) is 14.1. The molecule has 0 radical (unpaired) electrons. The summed E-state index contributed by atoms with van der Waals surface area (Å²) in [5.74, 6) is 0.0114. The highest BCUT2D eigenvalue weighted by Gasteiger charge is 2.19. The lowest BCUT2D eigenvalue weighted by Crippen LogP contribution is -2.06. The number of aryl methyl sites for hydroxylation is 1. The number of benzene rings is 1. The first-order valence-electron chi connectivity index (χ1n) is 6.52. The van der Waals surface area contributed by atoms with Crippen molar-refractivity contribution in [2.24, 2.45) is 0 Å². The van der Waals surface area contributed by atoms with Crippen LogP contribution >= 0.6 is 11.6 Å². The third-order valence-corrected chi connectivity index (χ3v) is 3.73. The van der Waals surface area contributed by atoms with Gasteiger partial charge in [0.1, 0.15) is 0 Å². The fourth-order valence-electron chi connectivity index (χ4n) is 2.35. The Labute approximate surface area is 122 Å². The zero-order valence-corrected chi connectivity index (χ0v) is 11.9. The van der Waals surface area contributed by atoms with E-state index in [0.717, 1.165) is 29.2 Å². The van der Waals surface area contributed by atoms with E-state index in [2.05, 4.69) is 27.1 Å². The van der Waals surface area contributed by atoms with Gasteiger partial charge in [-0.3, -0.25) is 4.79 Å². The van der Waals surface area contributed by atoms with Gasteiger partial charge in [0.05, 0.1) is 35.7 Å². The number of amides is 1. The number of halogens is 1. The van der Waals surface area contributed by atoms with E-state index in [1.807, 2.05) is 18.6 Å². The molecule has 0 unspecified atom stereocenters. The maximum absolute atomic E-state index is 11.4. The molecule has 0 saturated carbocycles. The molecule has 0 bridgehead atoms. The zero-order valence-electron chi connectivity index (χ0n) is 11.1. The van der Waals surface area contributed by atoms with Crippen molar-refractivity contribution in [3.8, 4) is 0 Å². The van der Waals surface area contributed by atoms with Crippen LogP contribution in [0, 0.1) is 0 Å². The van der Waals surface area contributed by atoms with E-state index in [1.54, 1.807) is 6.07 Å². The summed E-state index contributed by atoms with van der Waals surface area (Å²) in [5.41, 5.74) is 3.72. The van der Waals surface area contributed by atoms with Gasteiger partial charge in [-0.05, 0) is 24.6 Å². The second-order valence-corrected chi connectivity index (χ2v) is 5.15. The van der Waals surface area contributed by atoms with Gasteiger partial charge in [0.2, 0.25) is 5.91 Å². The molecule has 1 aliphatic heterocycles. The molecule has 2 N–H and O–H groups in total. The smallest absolute Gasteiger partial charge is 0.228 e. The van der Waals surface area contributed by atoms with E-state index in [4.69, 9.17) is 11.6 Å². The number of imidazole rings is 1. The molecule has 3 rings (SSSR count). The Bertz CT molecular complexity index is 665. The summed E-state index contributed by atoms with van der Waals surface area (Å²) in [5, 5.41) is 6.70. The van der Waals surface area contributed by atoms with Gasteiger partial charge in [-0.15, -0.1) is 0 Å². The number of hydrogen-bond donors (Lipinski definition) is 2. The minimum Gasteiger partial charge on any atom is -0.378 e. The van der Waals surface area contributed by atoms with Gasteiger partial charge in [-0.1, -0.05) is 11.6 Å². The van der Waals surface area contributed by atoms with E-state index < -0.39 is 0 Å². The van der Waals surface area contributed by atoms with E-state index in [0.29, 0.717) is 18.0 Å². The molecule has 0 aliphatic carbocycles. The predicted molar refractivity (Wildman–Crippen MR) is 79.0 cm³/mol. The van der Waals surface area contributed by atoms with E-state index in [1.165, 1.54) is 0 Å². The number of carbonyl (C=O) groups excluding carboxylic acids is 1. The van der Waals surface area contributed by atoms with Crippen molar-refractivity contribution in [3.05, 3.63) is 40.9 Å². The topological polar surface area (TPSA) is 59.0 Å². The van der Waals surface area contributed by atoms with E-state index >= 15 is 0 Å². The number of nitrogens with one attached hydrogen (secondary N) is 2. The molecule has 1 aliphatic rings. The lowest BCUT2D eigenvalue weighted by Gasteiger charge is -2.11. The molecule has 2 aromatic rings. The van der Waals surface area contributed by atoms with Crippen LogP contribution in [0.3, 0.4) is 0 Å². The van der Waals surface area contributed by atoms with E-state index in [-0.39, 0.29) is 5.91 Å². The number of hydrogen-bond acceptors (Lipinski definition) is 3. The van der Waals surface area contributed by atoms with Crippen molar-refractivity contribution < 1.29 is 4.79 Å². The van der Waals surface area contributed by atoms with Gasteiger partial charge in [0.15, 0.2) is 0 Å². The number of rotatable bonds is 4. The first-order valence-corrected chi connectivity index (χ1v) is 6.90. The molecule has 104 valence electrons. The average Bonchev–Trinajstić information content (AvgIpc) is 3.00. The third-order valence-electron chi connectivity index (χ3n) is 3.42. The number of aromatic nitrogens is 2. The third kappa shape index (κ3) is 2.36. The second-order valence-electron chi connectivity index (χ2n) is 4.74. The molecule has 0 spiro atoms. The van der Waals surface area contributed by atoms with Crippen LogP contribution in [0.4, 0.5) is 11.4 Å². The molecule has 6 heteroatoms. The summed E-state index contributed by atoms with van der Waals surface area (Å²) in [7, 11) is 0. The molecule has 1 aromatic heterocycles. The maximum atomic E-state index is 11.4. The minimum atomic E-state index is 0.0114. The Morgan fingerprint density at radius 3 is 3.15 bits per heavy atom. The SMILES string of the molecule is CCn1cncc1CNc1cc2c(cc1Cl)NC(=O)C2. The van der Waals surface area contributed by atoms with Gasteiger partial charge in [0, 0.05) is 18.4 Å². The number of carbonyl (C=O) groups is 1. The average molecular weight is 291 g/mol. The van der Waals surface area contributed by atoms with Crippen LogP contribution < -0.4 is 10.6 Å². The second kappa shape index (κ2) is 5.17. The normalized spacial score (nSPS) is 13.2. The van der Waals surface area contributed by atoms with Crippen LogP contribution in [-0.2, 0) is 24.3 Å². The van der Waals surface area contributed by atoms with Crippen LogP contribution in [0.2, 0.25) is 5.02 Å². The predicted octanol–water partition coefficient (Wildman–Crippen LogP) is 2.66. The van der Waals surface area contributed by atoms with Crippen LogP contribution in [0.15, 0.2) is 24.7 Å². The fraction of sp³-hybridized carbons (Fsp3) is 0.286. The Hall–Kier alpha value is -2.01. The Morgan fingerprint density at radius 1 is 1.50 bits per heavy atom. The minimum absolute atomic E-state index is 0.0114. The maximum Gasteiger partial charge on any atom is 0.228 e. The monoisotopic (exact) mass is 290 g/mol. The van der Waals surface area contributed by atoms with Crippen LogP contribution in [0.25, 0.3) is 0 Å². The Balaban J connectivity index is 1.78. The molecular weight excluding hydrogens is 276 g/mol. The summed E-state index contributed by atoms with van der Waals surface area (Å²) < 4.78 is 2.07. The molecule has 1 amide bonds. The van der Waals surface area contributed by atoms with E-state index in [9.17, 15) is 4.79 Å². The number of anilines is 2. The first kappa shape index (κ1) is 13.0. The van der Waals surface area contributed by atoms with Crippen molar-refractivity contribution >= 4 is 28.9 Å². The number of fused-ring (bicyclic) bond motifs is 1. The molecule has 0 atom stereocenters. The van der Waals surface area contributed by atoms with Gasteiger partial charge in [-0.25, -0.2) is 4.98 Å². The summed E-state index contributed by atoms with van der Waals surface area (Å²) >= 11 is 6.23. The molecule has 2 heterocycles. The van der Waals surface area contributed by atoms with Crippen molar-refractivity contribution in [3.63, 3.8) is 0 Å². The Kier molecular flexibility index (Phi) is 3.36. The van der Waals surface area contributed by atoms with Gasteiger partial charge in [0.25, 0.3) is 0 Å². The first-order chi connectivity index (χ1) is 9.67. The number of nitrogens with zero attached hydrogens (tertiary/aromatic N) is 2. The molecule has 20 heavy (non-hydrogen) atoms. The highest BCUT2D eigenvalue weighted by atomic mass is 35.5. The lowest BCUT2D eigenvalue weighted by atomic mass is 10.1. The summed E-state index contributed by atoms with van der Waals surface area (Å²) in [6.45, 7) is 3.60. The van der Waals surface area contributed by atoms with Crippen molar-refractivity contribution in [2.45, 2.75) is 26.4 Å². The van der Waals surface area contributed by atoms with Gasteiger partial charge >= 0.3 is 0 Å². The molecule has 1 aromatic carbocycles. The van der Waals surface area contributed by atoms with Crippen molar-refractivity contribution in [1.82, 2.24) is 9.55 Å². The van der Waals surface area contributed by atoms with Crippen molar-refractivity contribution in [2.75, 3.05) is 10.6 Å². The van der Waals surface area contributed by atoms with Crippen molar-refractivity contribution in [1.29, 1.82) is 0 Å².